The maximum absolute atomic E-state index is 5.68. The van der Waals surface area contributed by atoms with Crippen LogP contribution in [0.15, 0.2) is 29.3 Å². The molecule has 0 spiro atoms. The van der Waals surface area contributed by atoms with Gasteiger partial charge in [0.2, 0.25) is 0 Å². The number of hydrogen-bond acceptors (Lipinski definition) is 2. The predicted molar refractivity (Wildman–Crippen MR) is 85.6 cm³/mol. The lowest BCUT2D eigenvalue weighted by Crippen LogP contribution is -2.41. The summed E-state index contributed by atoms with van der Waals surface area (Å²) in [5, 5.41) is 3.31. The second kappa shape index (κ2) is 9.23. The first-order valence-corrected chi connectivity index (χ1v) is 7.28. The summed E-state index contributed by atoms with van der Waals surface area (Å²) in [6.45, 7) is 6.66. The summed E-state index contributed by atoms with van der Waals surface area (Å²) in [6.07, 6.45) is 2.37. The Bertz CT molecular complexity index is 401. The zero-order valence-corrected chi connectivity index (χ0v) is 13.1. The number of nitrogens with one attached hydrogen (secondary N) is 1. The third kappa shape index (κ3) is 5.95. The summed E-state index contributed by atoms with van der Waals surface area (Å²) >= 11 is 0. The van der Waals surface area contributed by atoms with Gasteiger partial charge in [-0.15, -0.1) is 0 Å². The number of ether oxygens (including phenoxy) is 1. The largest absolute Gasteiger partial charge is 0.492 e. The number of hydrogen-bond donors (Lipinski definition) is 1. The van der Waals surface area contributed by atoms with Gasteiger partial charge in [0, 0.05) is 20.6 Å². The van der Waals surface area contributed by atoms with Crippen molar-refractivity contribution in [3.63, 3.8) is 0 Å². The molecule has 20 heavy (non-hydrogen) atoms. The van der Waals surface area contributed by atoms with E-state index in [1.807, 2.05) is 19.2 Å². The molecule has 0 amide bonds. The molecule has 4 nitrogen and oxygen atoms in total. The van der Waals surface area contributed by atoms with Crippen LogP contribution >= 0.6 is 0 Å². The second-order valence-electron chi connectivity index (χ2n) is 4.91. The minimum absolute atomic E-state index is 0.629. The van der Waals surface area contributed by atoms with E-state index in [2.05, 4.69) is 48.2 Å². The Morgan fingerprint density at radius 1 is 1.30 bits per heavy atom. The van der Waals surface area contributed by atoms with E-state index in [9.17, 15) is 0 Å². The van der Waals surface area contributed by atoms with Gasteiger partial charge >= 0.3 is 0 Å². The molecule has 0 aliphatic heterocycles. The van der Waals surface area contributed by atoms with Crippen molar-refractivity contribution in [2.24, 2.45) is 4.99 Å². The Hall–Kier alpha value is -1.71. The molecule has 112 valence electrons. The van der Waals surface area contributed by atoms with E-state index in [0.717, 1.165) is 24.8 Å². The van der Waals surface area contributed by atoms with Crippen molar-refractivity contribution in [2.45, 2.75) is 26.7 Å². The molecule has 1 rings (SSSR count). The third-order valence-corrected chi connectivity index (χ3v) is 3.10. The number of nitrogens with zero attached hydrogens (tertiary/aromatic N) is 2. The maximum Gasteiger partial charge on any atom is 0.193 e. The monoisotopic (exact) mass is 277 g/mol. The van der Waals surface area contributed by atoms with Crippen molar-refractivity contribution >= 4 is 5.96 Å². The lowest BCUT2D eigenvalue weighted by Gasteiger charge is -2.21. The fourth-order valence-corrected chi connectivity index (χ4v) is 1.85. The molecule has 0 aliphatic rings. The molecular formula is C16H27N3O. The van der Waals surface area contributed by atoms with Gasteiger partial charge in [0.25, 0.3) is 0 Å². The first-order valence-electron chi connectivity index (χ1n) is 7.28. The number of guanidine groups is 1. The molecule has 0 atom stereocenters. The van der Waals surface area contributed by atoms with Gasteiger partial charge in [0.05, 0.1) is 6.54 Å². The van der Waals surface area contributed by atoms with Crippen molar-refractivity contribution in [3.8, 4) is 5.75 Å². The van der Waals surface area contributed by atoms with Gasteiger partial charge in [-0.25, -0.2) is 0 Å². The van der Waals surface area contributed by atoms with Crippen molar-refractivity contribution in [1.29, 1.82) is 0 Å². The van der Waals surface area contributed by atoms with Crippen LogP contribution in [0.2, 0.25) is 0 Å². The Morgan fingerprint density at radius 2 is 2.00 bits per heavy atom. The molecule has 0 saturated carbocycles. The molecule has 0 radical (unpaired) electrons. The Balaban J connectivity index is 2.26. The quantitative estimate of drug-likeness (QED) is 0.473. The van der Waals surface area contributed by atoms with Crippen LogP contribution in [0, 0.1) is 6.92 Å². The summed E-state index contributed by atoms with van der Waals surface area (Å²) in [7, 11) is 3.87. The highest BCUT2D eigenvalue weighted by Gasteiger charge is 2.04. The van der Waals surface area contributed by atoms with Crippen LogP contribution in [0.1, 0.15) is 25.3 Å². The molecular weight excluding hydrogens is 250 g/mol. The van der Waals surface area contributed by atoms with Crippen molar-refractivity contribution < 1.29 is 4.74 Å². The number of unbranched alkanes of at least 4 members (excludes halogenated alkanes) is 1. The number of aliphatic imine (C=N–C) groups is 1. The SMILES string of the molecule is CCCCN(C)C(=NC)NCCOc1ccc(C)cc1. The van der Waals surface area contributed by atoms with E-state index in [1.165, 1.54) is 18.4 Å². The Labute approximate surface area is 122 Å². The average molecular weight is 277 g/mol. The number of aryl methyl sites for hydroxylation is 1. The van der Waals surface area contributed by atoms with Crippen molar-refractivity contribution in [1.82, 2.24) is 10.2 Å². The molecule has 1 N–H and O–H groups in total. The normalized spacial score (nSPS) is 11.3. The van der Waals surface area contributed by atoms with E-state index in [0.29, 0.717) is 6.61 Å². The molecule has 0 aliphatic carbocycles. The minimum atomic E-state index is 0.629. The smallest absolute Gasteiger partial charge is 0.193 e. The van der Waals surface area contributed by atoms with Crippen LogP contribution < -0.4 is 10.1 Å². The molecule has 1 aromatic carbocycles. The van der Waals surface area contributed by atoms with Crippen LogP contribution in [0.25, 0.3) is 0 Å². The number of benzene rings is 1. The molecule has 0 aromatic heterocycles. The van der Waals surface area contributed by atoms with E-state index in [-0.39, 0.29) is 0 Å². The predicted octanol–water partition coefficient (Wildman–Crippen LogP) is 2.68. The molecule has 0 bridgehead atoms. The molecule has 0 fully saturated rings. The lowest BCUT2D eigenvalue weighted by atomic mass is 10.2. The van der Waals surface area contributed by atoms with Gasteiger partial charge < -0.3 is 15.0 Å². The fourth-order valence-electron chi connectivity index (χ4n) is 1.85. The van der Waals surface area contributed by atoms with Gasteiger partial charge in [-0.1, -0.05) is 31.0 Å². The van der Waals surface area contributed by atoms with Crippen LogP contribution in [0.5, 0.6) is 5.75 Å². The zero-order chi connectivity index (χ0) is 14.8. The molecule has 0 unspecified atom stereocenters. The molecule has 4 heteroatoms. The van der Waals surface area contributed by atoms with E-state index in [4.69, 9.17) is 4.74 Å². The van der Waals surface area contributed by atoms with Crippen LogP contribution in [-0.2, 0) is 0 Å². The van der Waals surface area contributed by atoms with Gasteiger partial charge in [-0.2, -0.15) is 0 Å². The van der Waals surface area contributed by atoms with Gasteiger partial charge in [0.1, 0.15) is 12.4 Å². The van der Waals surface area contributed by atoms with Gasteiger partial charge in [0.15, 0.2) is 5.96 Å². The molecule has 0 saturated heterocycles. The summed E-state index contributed by atoms with van der Waals surface area (Å²) in [5.74, 6) is 1.83. The van der Waals surface area contributed by atoms with Crippen molar-refractivity contribution in [2.75, 3.05) is 33.8 Å². The highest BCUT2D eigenvalue weighted by atomic mass is 16.5. The standard InChI is InChI=1S/C16H27N3O/c1-5-6-12-19(4)16(17-3)18-11-13-20-15-9-7-14(2)8-10-15/h7-10H,5-6,11-13H2,1-4H3,(H,17,18). The van der Waals surface area contributed by atoms with Crippen LogP contribution in [0.3, 0.4) is 0 Å². The Morgan fingerprint density at radius 3 is 2.60 bits per heavy atom. The highest BCUT2D eigenvalue weighted by molar-refractivity contribution is 5.79. The van der Waals surface area contributed by atoms with E-state index < -0.39 is 0 Å². The van der Waals surface area contributed by atoms with Gasteiger partial charge in [-0.3, -0.25) is 4.99 Å². The summed E-state index contributed by atoms with van der Waals surface area (Å²) in [4.78, 5) is 6.42. The fraction of sp³-hybridized carbons (Fsp3) is 0.562. The van der Waals surface area contributed by atoms with Crippen LogP contribution in [0.4, 0.5) is 0 Å². The summed E-state index contributed by atoms with van der Waals surface area (Å²) in [5.41, 5.74) is 1.24. The minimum Gasteiger partial charge on any atom is -0.492 e. The first kappa shape index (κ1) is 16.3. The van der Waals surface area contributed by atoms with E-state index >= 15 is 0 Å². The summed E-state index contributed by atoms with van der Waals surface area (Å²) in [6, 6.07) is 8.11. The summed E-state index contributed by atoms with van der Waals surface area (Å²) < 4.78 is 5.68. The van der Waals surface area contributed by atoms with Gasteiger partial charge in [-0.05, 0) is 25.5 Å². The average Bonchev–Trinajstić information content (AvgIpc) is 2.46. The first-order chi connectivity index (χ1) is 9.67. The highest BCUT2D eigenvalue weighted by Crippen LogP contribution is 2.10. The van der Waals surface area contributed by atoms with E-state index in [1.54, 1.807) is 0 Å². The lowest BCUT2D eigenvalue weighted by molar-refractivity contribution is 0.319. The zero-order valence-electron chi connectivity index (χ0n) is 13.1. The Kier molecular flexibility index (Phi) is 7.55. The second-order valence-corrected chi connectivity index (χ2v) is 4.91. The molecule has 1 aromatic rings. The van der Waals surface area contributed by atoms with Crippen molar-refractivity contribution in [3.05, 3.63) is 29.8 Å². The third-order valence-electron chi connectivity index (χ3n) is 3.10. The number of rotatable bonds is 7. The van der Waals surface area contributed by atoms with Crippen LogP contribution in [-0.4, -0.2) is 44.7 Å². The topological polar surface area (TPSA) is 36.9 Å². The molecule has 0 heterocycles. The maximum atomic E-state index is 5.68.